The number of aromatic nitrogens is 2. The molecule has 2 atom stereocenters. The predicted octanol–water partition coefficient (Wildman–Crippen LogP) is 2.39. The lowest BCUT2D eigenvalue weighted by Gasteiger charge is -2.44. The molecule has 0 radical (unpaired) electrons. The van der Waals surface area contributed by atoms with Gasteiger partial charge in [0.05, 0.1) is 11.6 Å². The molecule has 1 aromatic rings. The molecule has 3 fully saturated rings. The van der Waals surface area contributed by atoms with Gasteiger partial charge in [-0.1, -0.05) is 12.5 Å². The fourth-order valence-corrected chi connectivity index (χ4v) is 6.23. The van der Waals surface area contributed by atoms with Crippen molar-refractivity contribution in [1.29, 1.82) is 5.26 Å². The first-order chi connectivity index (χ1) is 17.8. The maximum absolute atomic E-state index is 13.3. The van der Waals surface area contributed by atoms with Crippen LogP contribution in [0, 0.1) is 11.3 Å². The van der Waals surface area contributed by atoms with Crippen molar-refractivity contribution in [3.8, 4) is 6.07 Å². The molecule has 194 valence electrons. The number of likely N-dealkylation sites (N-methyl/N-ethyl adjacent to an activating group) is 1. The summed E-state index contributed by atoms with van der Waals surface area (Å²) in [5.41, 5.74) is 1.61. The fourth-order valence-electron chi connectivity index (χ4n) is 6.23. The SMILES string of the molecule is C=N/C(=C\C(C#N)=C/C)N1CC2(CCC2)c2c(N3CCN(C(=O)C4CCC(=O)N4C)C(C)C3)ncnc21. The molecule has 10 heteroatoms. The zero-order valence-electron chi connectivity index (χ0n) is 21.9. The minimum atomic E-state index is -0.358. The number of fused-ring (bicyclic) bond motifs is 2. The number of anilines is 2. The second-order valence-electron chi connectivity index (χ2n) is 10.5. The Labute approximate surface area is 218 Å². The third kappa shape index (κ3) is 4.06. The highest BCUT2D eigenvalue weighted by molar-refractivity contribution is 5.91. The molecule has 4 heterocycles. The lowest BCUT2D eigenvalue weighted by atomic mass is 9.66. The summed E-state index contributed by atoms with van der Waals surface area (Å²) >= 11 is 0. The van der Waals surface area contributed by atoms with E-state index in [1.54, 1.807) is 30.4 Å². The minimum Gasteiger partial charge on any atom is -0.352 e. The molecule has 1 saturated carbocycles. The number of hydrogen-bond acceptors (Lipinski definition) is 8. The van der Waals surface area contributed by atoms with E-state index in [1.165, 1.54) is 0 Å². The smallest absolute Gasteiger partial charge is 0.245 e. The van der Waals surface area contributed by atoms with E-state index < -0.39 is 0 Å². The molecular weight excluding hydrogens is 468 g/mol. The van der Waals surface area contributed by atoms with Crippen molar-refractivity contribution in [2.75, 3.05) is 43.0 Å². The summed E-state index contributed by atoms with van der Waals surface area (Å²) in [6, 6.07) is 1.83. The highest BCUT2D eigenvalue weighted by atomic mass is 16.2. The summed E-state index contributed by atoms with van der Waals surface area (Å²) in [4.78, 5) is 46.8. The molecule has 4 aliphatic rings. The Kier molecular flexibility index (Phi) is 6.48. The minimum absolute atomic E-state index is 0.0102. The van der Waals surface area contributed by atoms with E-state index in [0.29, 0.717) is 43.9 Å². The number of nitriles is 1. The van der Waals surface area contributed by atoms with Gasteiger partial charge in [0.25, 0.3) is 0 Å². The molecule has 2 amide bonds. The monoisotopic (exact) mass is 502 g/mol. The van der Waals surface area contributed by atoms with Gasteiger partial charge in [-0.3, -0.25) is 9.59 Å². The highest BCUT2D eigenvalue weighted by Crippen LogP contribution is 2.55. The molecular formula is C27H34N8O2. The van der Waals surface area contributed by atoms with E-state index in [2.05, 4.69) is 39.5 Å². The number of likely N-dealkylation sites (tertiary alicyclic amines) is 1. The summed E-state index contributed by atoms with van der Waals surface area (Å²) in [6.07, 6.45) is 9.38. The van der Waals surface area contributed by atoms with E-state index in [-0.39, 0.29) is 29.3 Å². The van der Waals surface area contributed by atoms with Crippen molar-refractivity contribution >= 4 is 30.2 Å². The van der Waals surface area contributed by atoms with E-state index in [0.717, 1.165) is 43.0 Å². The second-order valence-corrected chi connectivity index (χ2v) is 10.5. The van der Waals surface area contributed by atoms with Crippen molar-refractivity contribution in [2.45, 2.75) is 63.5 Å². The van der Waals surface area contributed by atoms with Gasteiger partial charge in [-0.05, 0) is 45.9 Å². The molecule has 37 heavy (non-hydrogen) atoms. The third-order valence-electron chi connectivity index (χ3n) is 8.52. The molecule has 0 bridgehead atoms. The van der Waals surface area contributed by atoms with Gasteiger partial charge < -0.3 is 19.6 Å². The first-order valence-electron chi connectivity index (χ1n) is 13.0. The zero-order chi connectivity index (χ0) is 26.3. The van der Waals surface area contributed by atoms with E-state index in [4.69, 9.17) is 4.98 Å². The molecule has 1 aliphatic carbocycles. The highest BCUT2D eigenvalue weighted by Gasteiger charge is 2.51. The van der Waals surface area contributed by atoms with Gasteiger partial charge in [0.1, 0.15) is 29.8 Å². The van der Waals surface area contributed by atoms with Crippen molar-refractivity contribution < 1.29 is 9.59 Å². The van der Waals surface area contributed by atoms with Gasteiger partial charge in [-0.25, -0.2) is 15.0 Å². The van der Waals surface area contributed by atoms with Crippen LogP contribution in [0.4, 0.5) is 11.6 Å². The van der Waals surface area contributed by atoms with Crippen LogP contribution < -0.4 is 9.80 Å². The van der Waals surface area contributed by atoms with Gasteiger partial charge in [0.15, 0.2) is 0 Å². The van der Waals surface area contributed by atoms with Crippen LogP contribution in [0.1, 0.15) is 51.5 Å². The van der Waals surface area contributed by atoms with Gasteiger partial charge in [0.2, 0.25) is 11.8 Å². The number of carbonyl (C=O) groups is 2. The summed E-state index contributed by atoms with van der Waals surface area (Å²) in [5, 5.41) is 9.44. The Balaban J connectivity index is 1.43. The van der Waals surface area contributed by atoms with E-state index in [1.807, 2.05) is 11.8 Å². The Morgan fingerprint density at radius 3 is 2.62 bits per heavy atom. The maximum atomic E-state index is 13.3. The quantitative estimate of drug-likeness (QED) is 0.345. The number of allylic oxidation sites excluding steroid dienone is 3. The molecule has 2 saturated heterocycles. The molecule has 1 spiro atoms. The topological polar surface area (TPSA) is 109 Å². The number of piperazine rings is 1. The lowest BCUT2D eigenvalue weighted by Crippen LogP contribution is -2.58. The average molecular weight is 503 g/mol. The molecule has 2 unspecified atom stereocenters. The number of carbonyl (C=O) groups excluding carboxylic acids is 2. The van der Waals surface area contributed by atoms with Crippen molar-refractivity contribution in [1.82, 2.24) is 19.8 Å². The van der Waals surface area contributed by atoms with Gasteiger partial charge in [0, 0.05) is 56.7 Å². The van der Waals surface area contributed by atoms with Crippen LogP contribution in [-0.2, 0) is 15.0 Å². The van der Waals surface area contributed by atoms with Crippen molar-refractivity contribution in [2.24, 2.45) is 4.99 Å². The van der Waals surface area contributed by atoms with Crippen LogP contribution >= 0.6 is 0 Å². The molecule has 3 aliphatic heterocycles. The Morgan fingerprint density at radius 1 is 1.30 bits per heavy atom. The summed E-state index contributed by atoms with van der Waals surface area (Å²) in [7, 11) is 1.73. The Morgan fingerprint density at radius 2 is 2.05 bits per heavy atom. The zero-order valence-corrected chi connectivity index (χ0v) is 21.9. The van der Waals surface area contributed by atoms with Gasteiger partial charge >= 0.3 is 0 Å². The van der Waals surface area contributed by atoms with Gasteiger partial charge in [-0.15, -0.1) is 0 Å². The van der Waals surface area contributed by atoms with Crippen LogP contribution in [0.2, 0.25) is 0 Å². The fraction of sp³-hybridized carbons (Fsp3) is 0.556. The number of hydrogen-bond donors (Lipinski definition) is 0. The predicted molar refractivity (Wildman–Crippen MR) is 141 cm³/mol. The summed E-state index contributed by atoms with van der Waals surface area (Å²) in [6.45, 7) is 10.3. The first-order valence-corrected chi connectivity index (χ1v) is 13.0. The Hall–Kier alpha value is -3.74. The average Bonchev–Trinajstić information content (AvgIpc) is 3.42. The van der Waals surface area contributed by atoms with Crippen LogP contribution in [0.3, 0.4) is 0 Å². The van der Waals surface area contributed by atoms with E-state index in [9.17, 15) is 14.9 Å². The van der Waals surface area contributed by atoms with Crippen LogP contribution in [0.25, 0.3) is 0 Å². The number of aliphatic imine (C=N–C) groups is 1. The molecule has 5 rings (SSSR count). The second kappa shape index (κ2) is 9.61. The number of rotatable bonds is 5. The number of nitrogens with zero attached hydrogens (tertiary/aromatic N) is 8. The van der Waals surface area contributed by atoms with Crippen molar-refractivity contribution in [3.63, 3.8) is 0 Å². The van der Waals surface area contributed by atoms with Crippen LogP contribution in [0.15, 0.2) is 34.9 Å². The molecule has 0 N–H and O–H groups in total. The standard InChI is InChI=1S/C27H34N8O2/c1-5-19(14-28)13-21(29-3)35-16-27(9-6-10-27)23-24(30-17-31-25(23)35)33-11-12-34(18(2)15-33)26(37)20-7-8-22(36)32(20)4/h5,13,17-18,20H,3,6-12,15-16H2,1-2,4H3/b19-5+,21-13+. The first kappa shape index (κ1) is 24.9. The third-order valence-corrected chi connectivity index (χ3v) is 8.52. The van der Waals surface area contributed by atoms with E-state index >= 15 is 0 Å². The molecule has 0 aromatic carbocycles. The lowest BCUT2D eigenvalue weighted by molar-refractivity contribution is -0.142. The largest absolute Gasteiger partial charge is 0.352 e. The van der Waals surface area contributed by atoms with Gasteiger partial charge in [-0.2, -0.15) is 5.26 Å². The van der Waals surface area contributed by atoms with Crippen LogP contribution in [0.5, 0.6) is 0 Å². The molecule has 10 nitrogen and oxygen atoms in total. The maximum Gasteiger partial charge on any atom is 0.245 e. The van der Waals surface area contributed by atoms with Crippen LogP contribution in [-0.4, -0.2) is 83.6 Å². The normalized spacial score (nSPS) is 25.3. The molecule has 1 aromatic heterocycles. The Bertz CT molecular complexity index is 1230. The van der Waals surface area contributed by atoms with Crippen molar-refractivity contribution in [3.05, 3.63) is 35.4 Å². The summed E-state index contributed by atoms with van der Waals surface area (Å²) < 4.78 is 0. The number of amides is 2. The summed E-state index contributed by atoms with van der Waals surface area (Å²) in [5.74, 6) is 2.45.